The number of hydrogen-bond acceptors (Lipinski definition) is 2. The van der Waals surface area contributed by atoms with Crippen LogP contribution in [0.4, 0.5) is 0 Å². The molecule has 0 amide bonds. The minimum Gasteiger partial charge on any atom is -0.496 e. The average molecular weight is 336 g/mol. The van der Waals surface area contributed by atoms with Gasteiger partial charge in [-0.2, -0.15) is 4.57 Å². The van der Waals surface area contributed by atoms with Gasteiger partial charge in [0.15, 0.2) is 12.7 Å². The molecule has 1 rings (SSSR count). The molecule has 0 aliphatic carbocycles. The van der Waals surface area contributed by atoms with Crippen molar-refractivity contribution in [1.29, 1.82) is 0 Å². The van der Waals surface area contributed by atoms with Crippen molar-refractivity contribution in [3.63, 3.8) is 0 Å². The van der Waals surface area contributed by atoms with Crippen molar-refractivity contribution in [3.8, 4) is 5.75 Å². The van der Waals surface area contributed by atoms with Crippen LogP contribution in [-0.4, -0.2) is 16.2 Å². The molecule has 4 heteroatoms. The molecular weight excluding hydrogens is 302 g/mol. The van der Waals surface area contributed by atoms with Crippen molar-refractivity contribution in [1.82, 2.24) is 0 Å². The summed E-state index contributed by atoms with van der Waals surface area (Å²) in [5.41, 5.74) is 1.13. The molecule has 1 heterocycles. The van der Waals surface area contributed by atoms with Gasteiger partial charge in [0.25, 0.3) is 0 Å². The maximum Gasteiger partial charge on any atom is 0.223 e. The molecule has 0 spiro atoms. The first kappa shape index (κ1) is 19.9. The van der Waals surface area contributed by atoms with Crippen molar-refractivity contribution in [3.05, 3.63) is 36.7 Å². The second-order valence-corrected chi connectivity index (χ2v) is 11.9. The Hall–Kier alpha value is -1.13. The van der Waals surface area contributed by atoms with Crippen LogP contribution in [0.15, 0.2) is 31.0 Å². The van der Waals surface area contributed by atoms with Crippen molar-refractivity contribution < 1.29 is 13.7 Å². The number of nitrogens with zero attached hydrogens (tertiary/aromatic N) is 1. The van der Waals surface area contributed by atoms with E-state index in [4.69, 9.17) is 9.16 Å². The Labute approximate surface area is 144 Å². The smallest absolute Gasteiger partial charge is 0.223 e. The predicted molar refractivity (Wildman–Crippen MR) is 98.1 cm³/mol. The summed E-state index contributed by atoms with van der Waals surface area (Å²) in [7, 11) is 0.644. The van der Waals surface area contributed by atoms with Gasteiger partial charge in [0.2, 0.25) is 14.7 Å². The number of methoxy groups -OCH3 is 1. The highest BCUT2D eigenvalue weighted by atomic mass is 28.3. The largest absolute Gasteiger partial charge is 0.496 e. The Balaban J connectivity index is 3.16. The van der Waals surface area contributed by atoms with Gasteiger partial charge in [-0.1, -0.05) is 48.1 Å². The van der Waals surface area contributed by atoms with Gasteiger partial charge in [-0.15, -0.1) is 0 Å². The second kappa shape index (κ2) is 7.62. The zero-order valence-electron chi connectivity index (χ0n) is 16.1. The summed E-state index contributed by atoms with van der Waals surface area (Å²) in [6.45, 7) is 20.4. The summed E-state index contributed by atoms with van der Waals surface area (Å²) in [4.78, 5) is 0. The minimum absolute atomic E-state index is 0.0115. The van der Waals surface area contributed by atoms with Gasteiger partial charge in [0.1, 0.15) is 11.9 Å². The molecule has 0 fully saturated rings. The lowest BCUT2D eigenvalue weighted by molar-refractivity contribution is -0.697. The standard InChI is InChI=1S/C19H33NO2Si/c1-10-12-20-13-11-16(21-9)14-17(20)15(2)22-23(18(3,4)5)19(6,7)8/h10-11,13-15H,1,12H2,2-9H3/q+1/t15-/m1/s1. The zero-order chi connectivity index (χ0) is 17.8. The Morgan fingerprint density at radius 1 is 1.22 bits per heavy atom. The van der Waals surface area contributed by atoms with Crippen molar-refractivity contribution in [2.24, 2.45) is 0 Å². The highest BCUT2D eigenvalue weighted by Gasteiger charge is 2.41. The van der Waals surface area contributed by atoms with Crippen molar-refractivity contribution >= 4 is 9.04 Å². The topological polar surface area (TPSA) is 22.3 Å². The molecule has 23 heavy (non-hydrogen) atoms. The van der Waals surface area contributed by atoms with Crippen LogP contribution in [0.5, 0.6) is 5.75 Å². The molecule has 1 aromatic rings. The molecule has 1 atom stereocenters. The molecule has 1 aromatic heterocycles. The molecule has 129 valence electrons. The molecule has 0 bridgehead atoms. The van der Waals surface area contributed by atoms with E-state index in [1.165, 1.54) is 0 Å². The highest BCUT2D eigenvalue weighted by Crippen LogP contribution is 2.44. The summed E-state index contributed by atoms with van der Waals surface area (Å²) in [5, 5.41) is 0.332. The summed E-state index contributed by atoms with van der Waals surface area (Å²) >= 11 is 0. The van der Waals surface area contributed by atoms with Crippen LogP contribution >= 0.6 is 0 Å². The fourth-order valence-corrected chi connectivity index (χ4v) is 6.46. The molecule has 0 unspecified atom stereocenters. The second-order valence-electron chi connectivity index (χ2n) is 8.02. The Kier molecular flexibility index (Phi) is 6.60. The third-order valence-corrected chi connectivity index (χ3v) is 6.99. The first-order valence-corrected chi connectivity index (χ1v) is 9.64. The van der Waals surface area contributed by atoms with Gasteiger partial charge in [-0.3, -0.25) is 0 Å². The maximum absolute atomic E-state index is 6.64. The number of pyridine rings is 1. The third kappa shape index (κ3) is 5.46. The molecule has 0 saturated carbocycles. The van der Waals surface area contributed by atoms with Gasteiger partial charge < -0.3 is 9.16 Å². The number of allylic oxidation sites excluding steroid dienone is 1. The lowest BCUT2D eigenvalue weighted by Crippen LogP contribution is -2.43. The van der Waals surface area contributed by atoms with E-state index in [2.05, 4.69) is 65.7 Å². The summed E-state index contributed by atoms with van der Waals surface area (Å²) in [6, 6.07) is 4.04. The number of hydrogen-bond donors (Lipinski definition) is 0. The van der Waals surface area contributed by atoms with Crippen LogP contribution in [0.2, 0.25) is 10.1 Å². The lowest BCUT2D eigenvalue weighted by Gasteiger charge is -2.38. The van der Waals surface area contributed by atoms with Gasteiger partial charge in [0, 0.05) is 6.07 Å². The van der Waals surface area contributed by atoms with Crippen molar-refractivity contribution in [2.75, 3.05) is 7.11 Å². The summed E-state index contributed by atoms with van der Waals surface area (Å²) in [6.07, 6.45) is 3.95. The third-order valence-electron chi connectivity index (χ3n) is 3.68. The zero-order valence-corrected chi connectivity index (χ0v) is 17.1. The first-order chi connectivity index (χ1) is 10.5. The van der Waals surface area contributed by atoms with E-state index in [0.29, 0.717) is 0 Å². The summed E-state index contributed by atoms with van der Waals surface area (Å²) < 4.78 is 14.2. The number of ether oxygens (including phenoxy) is 1. The normalized spacial score (nSPS) is 14.0. The van der Waals surface area contributed by atoms with Gasteiger partial charge in [0.05, 0.1) is 13.2 Å². The molecule has 0 N–H and O–H groups in total. The Morgan fingerprint density at radius 3 is 2.22 bits per heavy atom. The van der Waals surface area contributed by atoms with Crippen LogP contribution in [0.1, 0.15) is 60.3 Å². The molecular formula is C19H33NO2Si+. The average Bonchev–Trinajstić information content (AvgIpc) is 2.42. The molecule has 1 radical (unpaired) electrons. The van der Waals surface area contributed by atoms with Gasteiger partial charge in [-0.25, -0.2) is 0 Å². The number of aromatic nitrogens is 1. The monoisotopic (exact) mass is 335 g/mol. The van der Waals surface area contributed by atoms with Crippen LogP contribution in [0, 0.1) is 0 Å². The van der Waals surface area contributed by atoms with Gasteiger partial charge >= 0.3 is 0 Å². The highest BCUT2D eigenvalue weighted by molar-refractivity contribution is 6.58. The summed E-state index contributed by atoms with van der Waals surface area (Å²) in [5.74, 6) is 0.857. The quantitative estimate of drug-likeness (QED) is 0.422. The Bertz CT molecular complexity index is 515. The SMILES string of the molecule is C=CC[n+]1ccc(OC)cc1[C@@H](C)O[Si](C(C)(C)C)C(C)(C)C. The van der Waals surface area contributed by atoms with Crippen LogP contribution in [-0.2, 0) is 11.0 Å². The Morgan fingerprint density at radius 2 is 1.78 bits per heavy atom. The molecule has 0 saturated heterocycles. The van der Waals surface area contributed by atoms with E-state index in [1.54, 1.807) is 7.11 Å². The fraction of sp³-hybridized carbons (Fsp3) is 0.632. The molecule has 0 aromatic carbocycles. The lowest BCUT2D eigenvalue weighted by atomic mass is 10.2. The van der Waals surface area contributed by atoms with Crippen LogP contribution in [0.25, 0.3) is 0 Å². The number of rotatable bonds is 6. The fourth-order valence-electron chi connectivity index (χ4n) is 3.03. The molecule has 3 nitrogen and oxygen atoms in total. The van der Waals surface area contributed by atoms with E-state index in [9.17, 15) is 0 Å². The van der Waals surface area contributed by atoms with E-state index in [1.807, 2.05) is 18.3 Å². The van der Waals surface area contributed by atoms with E-state index in [-0.39, 0.29) is 16.2 Å². The van der Waals surface area contributed by atoms with Gasteiger partial charge in [-0.05, 0) is 23.1 Å². The molecule has 0 aliphatic heterocycles. The first-order valence-electron chi connectivity index (χ1n) is 8.23. The predicted octanol–water partition coefficient (Wildman–Crippen LogP) is 4.84. The van der Waals surface area contributed by atoms with Crippen LogP contribution < -0.4 is 9.30 Å². The minimum atomic E-state index is -1.05. The van der Waals surface area contributed by atoms with Crippen molar-refractivity contribution in [2.45, 2.75) is 71.2 Å². The van der Waals surface area contributed by atoms with E-state index in [0.717, 1.165) is 18.0 Å². The maximum atomic E-state index is 6.64. The van der Waals surface area contributed by atoms with Crippen LogP contribution in [0.3, 0.4) is 0 Å². The van der Waals surface area contributed by atoms with E-state index < -0.39 is 9.04 Å². The molecule has 0 aliphatic rings. The van der Waals surface area contributed by atoms with E-state index >= 15 is 0 Å².